The van der Waals surface area contributed by atoms with Crippen LogP contribution in [0.25, 0.3) is 0 Å². The highest BCUT2D eigenvalue weighted by Crippen LogP contribution is 2.26. The van der Waals surface area contributed by atoms with Gasteiger partial charge in [0.25, 0.3) is 5.95 Å². The first-order valence-corrected chi connectivity index (χ1v) is 9.73. The van der Waals surface area contributed by atoms with E-state index in [9.17, 15) is 4.21 Å². The van der Waals surface area contributed by atoms with Crippen LogP contribution in [0.3, 0.4) is 0 Å². The van der Waals surface area contributed by atoms with Gasteiger partial charge < -0.3 is 10.3 Å². The first-order chi connectivity index (χ1) is 11.5. The van der Waals surface area contributed by atoms with Gasteiger partial charge in [-0.05, 0) is 18.0 Å². The highest BCUT2D eigenvalue weighted by Gasteiger charge is 2.23. The van der Waals surface area contributed by atoms with Crippen molar-refractivity contribution in [2.24, 2.45) is 4.36 Å². The number of hydrogen-bond acceptors (Lipinski definition) is 8. The van der Waals surface area contributed by atoms with Gasteiger partial charge in [0.15, 0.2) is 0 Å². The van der Waals surface area contributed by atoms with Gasteiger partial charge in [0, 0.05) is 11.5 Å². The minimum Gasteiger partial charge on any atom is -0.383 e. The quantitative estimate of drug-likeness (QED) is 0.889. The van der Waals surface area contributed by atoms with Gasteiger partial charge in [0.2, 0.25) is 5.89 Å². The number of nitriles is 1. The maximum atomic E-state index is 12.8. The van der Waals surface area contributed by atoms with Crippen LogP contribution in [0.1, 0.15) is 43.6 Å². The van der Waals surface area contributed by atoms with Gasteiger partial charge in [-0.2, -0.15) is 19.7 Å². The molecule has 2 heterocycles. The SMILES string of the molecule is CS(=O)(=Nc1noc(Cn2ncc(C#N)c2N)n1)C1CCCCC1. The lowest BCUT2D eigenvalue weighted by Gasteiger charge is -2.22. The van der Waals surface area contributed by atoms with Crippen LogP contribution in [0.5, 0.6) is 0 Å². The third-order valence-corrected chi connectivity index (χ3v) is 6.41. The first kappa shape index (κ1) is 16.4. The standard InChI is InChI=1S/C14H19N7O2S/c1-24(22,11-5-3-2-4-6-11)20-14-18-12(23-19-14)9-21-13(16)10(7-15)8-17-21/h8,11H,2-6,9,16H2,1H3. The van der Waals surface area contributed by atoms with Gasteiger partial charge in [-0.1, -0.05) is 19.3 Å². The molecule has 3 rings (SSSR count). The maximum absolute atomic E-state index is 12.8. The maximum Gasteiger partial charge on any atom is 0.297 e. The number of aromatic nitrogens is 4. The lowest BCUT2D eigenvalue weighted by atomic mass is 10.0. The third kappa shape index (κ3) is 3.41. The van der Waals surface area contributed by atoms with Crippen LogP contribution in [0.4, 0.5) is 11.8 Å². The minimum absolute atomic E-state index is 0.0770. The molecule has 2 aromatic rings. The Labute approximate surface area is 140 Å². The number of nitrogen functional groups attached to an aromatic ring is 1. The molecule has 24 heavy (non-hydrogen) atoms. The molecule has 1 unspecified atom stereocenters. The molecule has 1 atom stereocenters. The zero-order valence-corrected chi connectivity index (χ0v) is 14.2. The summed E-state index contributed by atoms with van der Waals surface area (Å²) in [5.74, 6) is 0.553. The molecule has 0 aromatic carbocycles. The Bertz CT molecular complexity index is 879. The van der Waals surface area contributed by atoms with Crippen LogP contribution >= 0.6 is 0 Å². The molecule has 0 bridgehead atoms. The molecule has 0 amide bonds. The molecule has 0 spiro atoms. The Morgan fingerprint density at radius 1 is 1.50 bits per heavy atom. The van der Waals surface area contributed by atoms with Gasteiger partial charge in [0.1, 0.15) is 24.0 Å². The van der Waals surface area contributed by atoms with Crippen LogP contribution in [0.2, 0.25) is 0 Å². The molecule has 2 aromatic heterocycles. The average Bonchev–Trinajstić information content (AvgIpc) is 3.15. The van der Waals surface area contributed by atoms with E-state index in [-0.39, 0.29) is 35.0 Å². The van der Waals surface area contributed by atoms with Crippen molar-refractivity contribution in [1.29, 1.82) is 5.26 Å². The predicted octanol–water partition coefficient (Wildman–Crippen LogP) is 1.83. The summed E-state index contributed by atoms with van der Waals surface area (Å²) >= 11 is 0. The van der Waals surface area contributed by atoms with Crippen molar-refractivity contribution in [1.82, 2.24) is 19.9 Å². The average molecular weight is 349 g/mol. The van der Waals surface area contributed by atoms with Crippen molar-refractivity contribution < 1.29 is 8.73 Å². The molecule has 10 heteroatoms. The fourth-order valence-corrected chi connectivity index (χ4v) is 4.58. The first-order valence-electron chi connectivity index (χ1n) is 7.74. The molecule has 1 saturated carbocycles. The van der Waals surface area contributed by atoms with Gasteiger partial charge in [-0.3, -0.25) is 0 Å². The van der Waals surface area contributed by atoms with E-state index < -0.39 is 9.73 Å². The van der Waals surface area contributed by atoms with E-state index in [4.69, 9.17) is 15.5 Å². The molecule has 0 saturated heterocycles. The van der Waals surface area contributed by atoms with Crippen LogP contribution in [0, 0.1) is 11.3 Å². The molecule has 0 aliphatic heterocycles. The molecule has 1 aliphatic rings. The summed E-state index contributed by atoms with van der Waals surface area (Å²) < 4.78 is 23.5. The molecule has 9 nitrogen and oxygen atoms in total. The fraction of sp³-hybridized carbons (Fsp3) is 0.571. The summed E-state index contributed by atoms with van der Waals surface area (Å²) in [6, 6.07) is 1.94. The van der Waals surface area contributed by atoms with Gasteiger partial charge in [-0.15, -0.1) is 0 Å². The Morgan fingerprint density at radius 2 is 2.25 bits per heavy atom. The summed E-state index contributed by atoms with van der Waals surface area (Å²) in [4.78, 5) is 4.14. The summed E-state index contributed by atoms with van der Waals surface area (Å²) in [5.41, 5.74) is 6.07. The molecular weight excluding hydrogens is 330 g/mol. The summed E-state index contributed by atoms with van der Waals surface area (Å²) in [7, 11) is -2.40. The van der Waals surface area contributed by atoms with Crippen molar-refractivity contribution in [3.63, 3.8) is 0 Å². The number of nitrogens with zero attached hydrogens (tertiary/aromatic N) is 6. The molecule has 1 fully saturated rings. The van der Waals surface area contributed by atoms with Crippen molar-refractivity contribution >= 4 is 21.5 Å². The van der Waals surface area contributed by atoms with Gasteiger partial charge in [0.05, 0.1) is 15.9 Å². The lowest BCUT2D eigenvalue weighted by Crippen LogP contribution is -2.22. The second kappa shape index (κ2) is 6.60. The Morgan fingerprint density at radius 3 is 2.92 bits per heavy atom. The highest BCUT2D eigenvalue weighted by molar-refractivity contribution is 7.93. The highest BCUT2D eigenvalue weighted by atomic mass is 32.2. The number of nitrogens with two attached hydrogens (primary N) is 1. The molecule has 1 aliphatic carbocycles. The summed E-state index contributed by atoms with van der Waals surface area (Å²) in [6.07, 6.45) is 8.23. The molecule has 2 N–H and O–H groups in total. The van der Waals surface area contributed by atoms with E-state index in [0.717, 1.165) is 25.7 Å². The Balaban J connectivity index is 1.77. The third-order valence-electron chi connectivity index (χ3n) is 4.18. The zero-order chi connectivity index (χ0) is 17.2. The molecular formula is C14H19N7O2S. The van der Waals surface area contributed by atoms with Crippen LogP contribution in [-0.4, -0.2) is 35.6 Å². The van der Waals surface area contributed by atoms with E-state index in [1.54, 1.807) is 6.26 Å². The second-order valence-electron chi connectivity index (χ2n) is 5.91. The van der Waals surface area contributed by atoms with Gasteiger partial charge >= 0.3 is 0 Å². The van der Waals surface area contributed by atoms with E-state index in [1.165, 1.54) is 17.3 Å². The van der Waals surface area contributed by atoms with Crippen molar-refractivity contribution in [3.05, 3.63) is 17.7 Å². The zero-order valence-electron chi connectivity index (χ0n) is 13.4. The minimum atomic E-state index is -2.40. The van der Waals surface area contributed by atoms with Crippen LogP contribution < -0.4 is 5.73 Å². The van der Waals surface area contributed by atoms with Crippen molar-refractivity contribution in [2.45, 2.75) is 43.9 Å². The Kier molecular flexibility index (Phi) is 4.53. The second-order valence-corrected chi connectivity index (χ2v) is 8.48. The van der Waals surface area contributed by atoms with Gasteiger partial charge in [-0.25, -0.2) is 8.89 Å². The number of hydrogen-bond donors (Lipinski definition) is 1. The van der Waals surface area contributed by atoms with E-state index in [0.29, 0.717) is 0 Å². The molecule has 128 valence electrons. The number of anilines is 1. The van der Waals surface area contributed by atoms with Crippen molar-refractivity contribution in [2.75, 3.05) is 12.0 Å². The van der Waals surface area contributed by atoms with Crippen LogP contribution in [0.15, 0.2) is 15.1 Å². The summed E-state index contributed by atoms with van der Waals surface area (Å²) in [6.45, 7) is 0.129. The van der Waals surface area contributed by atoms with Crippen LogP contribution in [-0.2, 0) is 16.3 Å². The monoisotopic (exact) mass is 349 g/mol. The van der Waals surface area contributed by atoms with E-state index in [2.05, 4.69) is 19.6 Å². The largest absolute Gasteiger partial charge is 0.383 e. The lowest BCUT2D eigenvalue weighted by molar-refractivity contribution is 0.367. The smallest absolute Gasteiger partial charge is 0.297 e. The topological polar surface area (TPSA) is 136 Å². The predicted molar refractivity (Wildman–Crippen MR) is 87.8 cm³/mol. The summed E-state index contributed by atoms with van der Waals surface area (Å²) in [5, 5.41) is 16.7. The normalized spacial score (nSPS) is 18.0. The fourth-order valence-electron chi connectivity index (χ4n) is 2.82. The van der Waals surface area contributed by atoms with E-state index in [1.807, 2.05) is 6.07 Å². The molecule has 0 radical (unpaired) electrons. The van der Waals surface area contributed by atoms with Crippen molar-refractivity contribution in [3.8, 4) is 6.07 Å². The number of rotatable bonds is 4. The Hall–Kier alpha value is -2.41. The van der Waals surface area contributed by atoms with E-state index >= 15 is 0 Å².